The molecular formula is C8H14N2O. The summed E-state index contributed by atoms with van der Waals surface area (Å²) in [5, 5.41) is 6.14. The summed E-state index contributed by atoms with van der Waals surface area (Å²) < 4.78 is 0. The van der Waals surface area contributed by atoms with Crippen molar-refractivity contribution in [3.63, 3.8) is 0 Å². The molecule has 3 nitrogen and oxygen atoms in total. The third-order valence-electron chi connectivity index (χ3n) is 2.92. The van der Waals surface area contributed by atoms with Gasteiger partial charge in [-0.05, 0) is 18.9 Å². The molecule has 62 valence electrons. The van der Waals surface area contributed by atoms with E-state index in [1.54, 1.807) is 0 Å². The van der Waals surface area contributed by atoms with Crippen LogP contribution in [0.5, 0.6) is 0 Å². The first kappa shape index (κ1) is 7.10. The quantitative estimate of drug-likeness (QED) is 0.504. The van der Waals surface area contributed by atoms with Crippen LogP contribution in [0.15, 0.2) is 0 Å². The van der Waals surface area contributed by atoms with E-state index in [9.17, 15) is 4.79 Å². The number of rotatable bonds is 0. The highest BCUT2D eigenvalue weighted by atomic mass is 16.2. The second-order valence-electron chi connectivity index (χ2n) is 3.61. The van der Waals surface area contributed by atoms with Crippen molar-refractivity contribution in [3.05, 3.63) is 0 Å². The molecule has 2 heterocycles. The lowest BCUT2D eigenvalue weighted by molar-refractivity contribution is -0.121. The van der Waals surface area contributed by atoms with Gasteiger partial charge in [-0.3, -0.25) is 4.79 Å². The largest absolute Gasteiger partial charge is 0.354 e. The lowest BCUT2D eigenvalue weighted by atomic mass is 9.84. The van der Waals surface area contributed by atoms with Crippen LogP contribution in [-0.2, 0) is 4.79 Å². The van der Waals surface area contributed by atoms with Gasteiger partial charge in [0, 0.05) is 12.5 Å². The van der Waals surface area contributed by atoms with Gasteiger partial charge in [-0.2, -0.15) is 0 Å². The van der Waals surface area contributed by atoms with E-state index in [4.69, 9.17) is 0 Å². The molecule has 2 aliphatic heterocycles. The normalized spacial score (nSPS) is 43.4. The van der Waals surface area contributed by atoms with Crippen LogP contribution in [0.1, 0.15) is 13.3 Å². The molecule has 3 heteroatoms. The van der Waals surface area contributed by atoms with Crippen LogP contribution in [0.3, 0.4) is 0 Å². The zero-order valence-corrected chi connectivity index (χ0v) is 6.76. The Morgan fingerprint density at radius 2 is 2.36 bits per heavy atom. The molecule has 0 aliphatic carbocycles. The average Bonchev–Trinajstić information content (AvgIpc) is 2.35. The standard InChI is InChI=1S/C8H14N2O/c1-5-2-3-9-7-6(5)4-10-8(7)11/h5-7,9H,2-4H2,1H3,(H,10,11). The molecule has 0 spiro atoms. The first-order valence-electron chi connectivity index (χ1n) is 4.30. The fourth-order valence-electron chi connectivity index (χ4n) is 2.10. The van der Waals surface area contributed by atoms with E-state index in [1.807, 2.05) is 0 Å². The molecule has 2 saturated heterocycles. The van der Waals surface area contributed by atoms with Gasteiger partial charge in [-0.25, -0.2) is 0 Å². The highest BCUT2D eigenvalue weighted by Crippen LogP contribution is 2.25. The molecule has 2 rings (SSSR count). The van der Waals surface area contributed by atoms with Gasteiger partial charge in [-0.1, -0.05) is 6.92 Å². The highest BCUT2D eigenvalue weighted by molar-refractivity contribution is 5.84. The Hall–Kier alpha value is -0.570. The first-order valence-corrected chi connectivity index (χ1v) is 4.30. The number of hydrogen-bond donors (Lipinski definition) is 2. The zero-order valence-electron chi connectivity index (χ0n) is 6.76. The van der Waals surface area contributed by atoms with Crippen LogP contribution in [0, 0.1) is 11.8 Å². The number of nitrogens with one attached hydrogen (secondary N) is 2. The van der Waals surface area contributed by atoms with E-state index in [2.05, 4.69) is 17.6 Å². The van der Waals surface area contributed by atoms with Gasteiger partial charge in [0.1, 0.15) is 0 Å². The van der Waals surface area contributed by atoms with E-state index >= 15 is 0 Å². The lowest BCUT2D eigenvalue weighted by Gasteiger charge is -2.29. The van der Waals surface area contributed by atoms with Crippen LogP contribution in [0.2, 0.25) is 0 Å². The zero-order chi connectivity index (χ0) is 7.84. The van der Waals surface area contributed by atoms with Gasteiger partial charge < -0.3 is 10.6 Å². The van der Waals surface area contributed by atoms with Crippen molar-refractivity contribution in [2.75, 3.05) is 13.1 Å². The van der Waals surface area contributed by atoms with Crippen molar-refractivity contribution in [2.24, 2.45) is 11.8 Å². The van der Waals surface area contributed by atoms with E-state index in [1.165, 1.54) is 6.42 Å². The molecule has 2 aliphatic rings. The monoisotopic (exact) mass is 154 g/mol. The highest BCUT2D eigenvalue weighted by Gasteiger charge is 2.39. The van der Waals surface area contributed by atoms with Crippen LogP contribution in [-0.4, -0.2) is 25.0 Å². The first-order chi connectivity index (χ1) is 5.29. The summed E-state index contributed by atoms with van der Waals surface area (Å²) >= 11 is 0. The number of carbonyl (C=O) groups is 1. The van der Waals surface area contributed by atoms with E-state index in [0.29, 0.717) is 11.8 Å². The number of amides is 1. The van der Waals surface area contributed by atoms with Crippen molar-refractivity contribution in [3.8, 4) is 0 Å². The Morgan fingerprint density at radius 1 is 1.55 bits per heavy atom. The van der Waals surface area contributed by atoms with E-state index in [0.717, 1.165) is 13.1 Å². The molecule has 0 aromatic carbocycles. The molecule has 0 bridgehead atoms. The summed E-state index contributed by atoms with van der Waals surface area (Å²) in [6.45, 7) is 4.10. The Balaban J connectivity index is 2.12. The van der Waals surface area contributed by atoms with Crippen molar-refractivity contribution in [2.45, 2.75) is 19.4 Å². The molecule has 3 unspecified atom stereocenters. The molecule has 0 aromatic rings. The molecular weight excluding hydrogens is 140 g/mol. The Kier molecular flexibility index (Phi) is 1.60. The van der Waals surface area contributed by atoms with Crippen LogP contribution >= 0.6 is 0 Å². The molecule has 3 atom stereocenters. The Morgan fingerprint density at radius 3 is 3.09 bits per heavy atom. The van der Waals surface area contributed by atoms with Gasteiger partial charge in [0.2, 0.25) is 5.91 Å². The van der Waals surface area contributed by atoms with Crippen LogP contribution in [0.25, 0.3) is 0 Å². The fraction of sp³-hybridized carbons (Fsp3) is 0.875. The summed E-state index contributed by atoms with van der Waals surface area (Å²) in [7, 11) is 0. The molecule has 0 radical (unpaired) electrons. The van der Waals surface area contributed by atoms with Crippen molar-refractivity contribution < 1.29 is 4.79 Å². The second kappa shape index (κ2) is 2.48. The minimum atomic E-state index is 0.110. The maximum absolute atomic E-state index is 11.2. The van der Waals surface area contributed by atoms with Gasteiger partial charge in [0.25, 0.3) is 0 Å². The van der Waals surface area contributed by atoms with Gasteiger partial charge >= 0.3 is 0 Å². The molecule has 1 amide bonds. The summed E-state index contributed by atoms with van der Waals surface area (Å²) in [6, 6.07) is 0.110. The fourth-order valence-corrected chi connectivity index (χ4v) is 2.10. The average molecular weight is 154 g/mol. The second-order valence-corrected chi connectivity index (χ2v) is 3.61. The van der Waals surface area contributed by atoms with Gasteiger partial charge in [-0.15, -0.1) is 0 Å². The number of carbonyl (C=O) groups excluding carboxylic acids is 1. The Labute approximate surface area is 66.5 Å². The minimum absolute atomic E-state index is 0.110. The predicted octanol–water partition coefficient (Wildman–Crippen LogP) is -0.270. The summed E-state index contributed by atoms with van der Waals surface area (Å²) in [5.41, 5.74) is 0. The lowest BCUT2D eigenvalue weighted by Crippen LogP contribution is -2.46. The third kappa shape index (κ3) is 1.03. The third-order valence-corrected chi connectivity index (χ3v) is 2.92. The number of fused-ring (bicyclic) bond motifs is 1. The molecule has 0 aromatic heterocycles. The maximum atomic E-state index is 11.2. The molecule has 11 heavy (non-hydrogen) atoms. The smallest absolute Gasteiger partial charge is 0.237 e. The minimum Gasteiger partial charge on any atom is -0.354 e. The topological polar surface area (TPSA) is 41.1 Å². The summed E-state index contributed by atoms with van der Waals surface area (Å²) in [4.78, 5) is 11.2. The van der Waals surface area contributed by atoms with E-state index in [-0.39, 0.29) is 11.9 Å². The predicted molar refractivity (Wildman–Crippen MR) is 42.1 cm³/mol. The molecule has 2 fully saturated rings. The molecule has 0 saturated carbocycles. The van der Waals surface area contributed by atoms with Gasteiger partial charge in [0.05, 0.1) is 6.04 Å². The van der Waals surface area contributed by atoms with Crippen molar-refractivity contribution in [1.29, 1.82) is 0 Å². The maximum Gasteiger partial charge on any atom is 0.237 e. The molecule has 2 N–H and O–H groups in total. The SMILES string of the molecule is CC1CCNC2C(=O)NCC12. The van der Waals surface area contributed by atoms with Crippen molar-refractivity contribution >= 4 is 5.91 Å². The number of piperidine rings is 1. The summed E-state index contributed by atoms with van der Waals surface area (Å²) in [6.07, 6.45) is 1.20. The van der Waals surface area contributed by atoms with Crippen LogP contribution in [0.4, 0.5) is 0 Å². The Bertz CT molecular complexity index is 181. The van der Waals surface area contributed by atoms with E-state index < -0.39 is 0 Å². The van der Waals surface area contributed by atoms with Crippen LogP contribution < -0.4 is 10.6 Å². The summed E-state index contributed by atoms with van der Waals surface area (Å²) in [5.74, 6) is 1.43. The number of hydrogen-bond acceptors (Lipinski definition) is 2. The van der Waals surface area contributed by atoms with Crippen molar-refractivity contribution in [1.82, 2.24) is 10.6 Å². The van der Waals surface area contributed by atoms with Gasteiger partial charge in [0.15, 0.2) is 0 Å².